The number of rotatable bonds is 6. The Morgan fingerprint density at radius 3 is 1.76 bits per heavy atom. The summed E-state index contributed by atoms with van der Waals surface area (Å²) in [5.41, 5.74) is 2.07. The minimum Gasteiger partial charge on any atom is -0.363 e. The van der Waals surface area contributed by atoms with Crippen LogP contribution in [0.4, 0.5) is 0 Å². The van der Waals surface area contributed by atoms with Crippen LogP contribution in [0.5, 0.6) is 0 Å². The standard InChI is InChI=1S/C12H14N2O2S.C12H14N2OS2/c2*1-9(15)17-11-7-14(8-11)12(16)5-10-3-2-4-13-6-10/h2*2-4,6,11H,5,7-8H2,1H3. The molecule has 0 atom stereocenters. The number of thiocarbonyl (C=S) groups is 1. The second-order valence-electron chi connectivity index (χ2n) is 8.14. The second-order valence-corrected chi connectivity index (χ2v) is 11.6. The lowest BCUT2D eigenvalue weighted by Gasteiger charge is -2.40. The largest absolute Gasteiger partial charge is 0.363 e. The van der Waals surface area contributed by atoms with E-state index < -0.39 is 0 Å². The quantitative estimate of drug-likeness (QED) is 0.538. The summed E-state index contributed by atoms with van der Waals surface area (Å²) in [6.07, 6.45) is 8.16. The topological polar surface area (TPSA) is 83.5 Å². The predicted octanol–water partition coefficient (Wildman–Crippen LogP) is 3.03. The van der Waals surface area contributed by atoms with Crippen molar-refractivity contribution in [2.75, 3.05) is 26.2 Å². The number of amides is 1. The zero-order valence-corrected chi connectivity index (χ0v) is 21.7. The van der Waals surface area contributed by atoms with Gasteiger partial charge in [0, 0.05) is 81.7 Å². The summed E-state index contributed by atoms with van der Waals surface area (Å²) in [5, 5.41) is 1.01. The Hall–Kier alpha value is -2.30. The molecule has 2 aliphatic heterocycles. The van der Waals surface area contributed by atoms with Crippen molar-refractivity contribution in [3.63, 3.8) is 0 Å². The third-order valence-electron chi connectivity index (χ3n) is 5.22. The third kappa shape index (κ3) is 8.48. The molecule has 34 heavy (non-hydrogen) atoms. The Morgan fingerprint density at radius 2 is 1.32 bits per heavy atom. The Labute approximate surface area is 214 Å². The van der Waals surface area contributed by atoms with Gasteiger partial charge in [0.15, 0.2) is 10.2 Å². The molecule has 1 amide bonds. The van der Waals surface area contributed by atoms with E-state index in [2.05, 4.69) is 14.9 Å². The van der Waals surface area contributed by atoms with Gasteiger partial charge in [-0.05, 0) is 23.3 Å². The first-order chi connectivity index (χ1) is 16.3. The fourth-order valence-corrected chi connectivity index (χ4v) is 5.75. The van der Waals surface area contributed by atoms with E-state index in [0.29, 0.717) is 24.8 Å². The highest BCUT2D eigenvalue weighted by molar-refractivity contribution is 8.14. The number of aromatic nitrogens is 2. The summed E-state index contributed by atoms with van der Waals surface area (Å²) in [4.78, 5) is 46.5. The number of carbonyl (C=O) groups excluding carboxylic acids is 3. The Kier molecular flexibility index (Phi) is 10.0. The van der Waals surface area contributed by atoms with Crippen molar-refractivity contribution < 1.29 is 14.4 Å². The van der Waals surface area contributed by atoms with Crippen molar-refractivity contribution in [1.29, 1.82) is 0 Å². The van der Waals surface area contributed by atoms with E-state index in [-0.39, 0.29) is 21.4 Å². The predicted molar refractivity (Wildman–Crippen MR) is 141 cm³/mol. The molecule has 0 unspecified atom stereocenters. The fraction of sp³-hybridized carbons (Fsp3) is 0.417. The maximum absolute atomic E-state index is 11.8. The number of likely N-dealkylation sites (tertiary alicyclic amines) is 2. The Balaban J connectivity index is 0.000000191. The summed E-state index contributed by atoms with van der Waals surface area (Å²) in [6, 6.07) is 7.67. The molecule has 180 valence electrons. The van der Waals surface area contributed by atoms with Gasteiger partial charge >= 0.3 is 0 Å². The summed E-state index contributed by atoms with van der Waals surface area (Å²) in [7, 11) is 0. The monoisotopic (exact) mass is 516 g/mol. The van der Waals surface area contributed by atoms with E-state index in [1.54, 1.807) is 37.3 Å². The first kappa shape index (κ1) is 26.3. The molecule has 2 aliphatic rings. The maximum atomic E-state index is 11.8. The maximum Gasteiger partial charge on any atom is 0.227 e. The van der Waals surface area contributed by atoms with E-state index in [9.17, 15) is 14.4 Å². The highest BCUT2D eigenvalue weighted by Crippen LogP contribution is 2.24. The molecule has 2 saturated heterocycles. The van der Waals surface area contributed by atoms with Crippen LogP contribution in [-0.4, -0.2) is 77.6 Å². The molecule has 0 saturated carbocycles. The van der Waals surface area contributed by atoms with Crippen LogP contribution < -0.4 is 0 Å². The number of nitrogens with zero attached hydrogens (tertiary/aromatic N) is 4. The number of hydrogen-bond acceptors (Lipinski definition) is 8. The summed E-state index contributed by atoms with van der Waals surface area (Å²) >= 11 is 8.12. The van der Waals surface area contributed by atoms with Crippen LogP contribution in [0.1, 0.15) is 25.0 Å². The lowest BCUT2D eigenvalue weighted by Crippen LogP contribution is -2.52. The molecule has 2 aromatic rings. The molecule has 4 rings (SSSR count). The smallest absolute Gasteiger partial charge is 0.227 e. The Morgan fingerprint density at radius 1 is 0.853 bits per heavy atom. The molecule has 0 aromatic carbocycles. The highest BCUT2D eigenvalue weighted by Gasteiger charge is 2.32. The number of hydrogen-bond donors (Lipinski definition) is 0. The SMILES string of the molecule is CC(=O)SC1CN(C(=O)Cc2cccnc2)C1.CC(=O)SC1CN(C(=S)Cc2cccnc2)C1. The van der Waals surface area contributed by atoms with E-state index in [0.717, 1.165) is 35.6 Å². The van der Waals surface area contributed by atoms with Crippen LogP contribution in [0.25, 0.3) is 0 Å². The molecule has 0 bridgehead atoms. The van der Waals surface area contributed by atoms with Gasteiger partial charge in [0.2, 0.25) is 5.91 Å². The first-order valence-corrected chi connectivity index (χ1v) is 13.1. The normalized spacial score (nSPS) is 15.5. The van der Waals surface area contributed by atoms with Crippen molar-refractivity contribution in [1.82, 2.24) is 19.8 Å². The lowest BCUT2D eigenvalue weighted by molar-refractivity contribution is -0.133. The van der Waals surface area contributed by atoms with Crippen LogP contribution in [0, 0.1) is 0 Å². The molecular formula is C24H28N4O3S3. The van der Waals surface area contributed by atoms with Gasteiger partial charge in [0.05, 0.1) is 11.4 Å². The Bertz CT molecular complexity index is 914. The van der Waals surface area contributed by atoms with Gasteiger partial charge in [-0.2, -0.15) is 0 Å². The molecule has 0 radical (unpaired) electrons. The van der Waals surface area contributed by atoms with Crippen LogP contribution in [0.2, 0.25) is 0 Å². The van der Waals surface area contributed by atoms with Gasteiger partial charge < -0.3 is 9.80 Å². The second kappa shape index (κ2) is 13.0. The molecule has 4 heterocycles. The van der Waals surface area contributed by atoms with Gasteiger partial charge in [-0.1, -0.05) is 47.9 Å². The van der Waals surface area contributed by atoms with Crippen molar-refractivity contribution in [3.8, 4) is 0 Å². The van der Waals surface area contributed by atoms with E-state index >= 15 is 0 Å². The molecule has 2 fully saturated rings. The summed E-state index contributed by atoms with van der Waals surface area (Å²) in [5.74, 6) is 0.110. The third-order valence-corrected chi connectivity index (χ3v) is 7.55. The lowest BCUT2D eigenvalue weighted by atomic mass is 10.1. The zero-order valence-electron chi connectivity index (χ0n) is 19.3. The average Bonchev–Trinajstić information content (AvgIpc) is 2.74. The number of thioether (sulfide) groups is 2. The summed E-state index contributed by atoms with van der Waals surface area (Å²) < 4.78 is 0. The average molecular weight is 517 g/mol. The minimum absolute atomic E-state index is 0.110. The zero-order chi connectivity index (χ0) is 24.5. The van der Waals surface area contributed by atoms with Gasteiger partial charge in [0.1, 0.15) is 0 Å². The fourth-order valence-electron chi connectivity index (χ4n) is 3.48. The molecule has 0 aliphatic carbocycles. The van der Waals surface area contributed by atoms with E-state index in [4.69, 9.17) is 12.2 Å². The van der Waals surface area contributed by atoms with Gasteiger partial charge in [-0.15, -0.1) is 0 Å². The summed E-state index contributed by atoms with van der Waals surface area (Å²) in [6.45, 7) is 6.32. The molecule has 2 aromatic heterocycles. The number of pyridine rings is 2. The van der Waals surface area contributed by atoms with Crippen LogP contribution in [0.15, 0.2) is 49.1 Å². The first-order valence-electron chi connectivity index (χ1n) is 11.0. The van der Waals surface area contributed by atoms with Crippen molar-refractivity contribution >= 4 is 56.9 Å². The van der Waals surface area contributed by atoms with Crippen LogP contribution >= 0.6 is 35.7 Å². The molecule has 0 N–H and O–H groups in total. The van der Waals surface area contributed by atoms with E-state index in [1.807, 2.05) is 30.5 Å². The van der Waals surface area contributed by atoms with Crippen molar-refractivity contribution in [2.24, 2.45) is 0 Å². The van der Waals surface area contributed by atoms with Crippen molar-refractivity contribution in [3.05, 3.63) is 60.2 Å². The van der Waals surface area contributed by atoms with E-state index in [1.165, 1.54) is 23.5 Å². The molecule has 0 spiro atoms. The number of carbonyl (C=O) groups is 3. The van der Waals surface area contributed by atoms with Crippen LogP contribution in [0.3, 0.4) is 0 Å². The van der Waals surface area contributed by atoms with Gasteiger partial charge in [-0.25, -0.2) is 0 Å². The van der Waals surface area contributed by atoms with Gasteiger partial charge in [-0.3, -0.25) is 24.4 Å². The van der Waals surface area contributed by atoms with Crippen molar-refractivity contribution in [2.45, 2.75) is 37.2 Å². The molecular weight excluding hydrogens is 488 g/mol. The highest BCUT2D eigenvalue weighted by atomic mass is 32.2. The molecule has 10 heteroatoms. The molecule has 7 nitrogen and oxygen atoms in total. The van der Waals surface area contributed by atoms with Crippen LogP contribution in [-0.2, 0) is 27.2 Å². The minimum atomic E-state index is 0.110. The van der Waals surface area contributed by atoms with Gasteiger partial charge in [0.25, 0.3) is 0 Å².